The first-order valence-corrected chi connectivity index (χ1v) is 38.2. The Bertz CT molecular complexity index is 1300. The molecule has 0 N–H and O–H groups in total. The molecular weight excluding hydrogens is 1020 g/mol. The maximum absolute atomic E-state index is 12.9. The van der Waals surface area contributed by atoms with Gasteiger partial charge in [0.25, 0.3) is 0 Å². The number of carbonyl (C=O) groups is 3. The third-order valence-corrected chi connectivity index (χ3v) is 17.8. The highest BCUT2D eigenvalue weighted by Crippen LogP contribution is 2.20. The number of carbonyl (C=O) groups excluding carboxylic acids is 3. The van der Waals surface area contributed by atoms with Crippen molar-refractivity contribution in [3.8, 4) is 0 Å². The standard InChI is InChI=1S/C77H148O6/c1-4-7-10-13-16-19-21-23-25-27-29-31-33-34-35-36-37-38-39-40-41-42-43-44-45-47-48-50-52-54-56-58-61-64-67-70-76(79)82-73-74(72-81-75(78)69-66-63-60-18-15-12-9-6-3)83-77(80)71-68-65-62-59-57-55-53-51-49-46-32-30-28-26-24-22-20-17-14-11-8-5-2/h27,29,74H,4-26,28,30-73H2,1-3H3/b29-27-. The molecule has 0 spiro atoms. The Balaban J connectivity index is 3.94. The second-order valence-corrected chi connectivity index (χ2v) is 26.3. The quantitative estimate of drug-likeness (QED) is 0.0261. The van der Waals surface area contributed by atoms with E-state index in [9.17, 15) is 14.4 Å². The van der Waals surface area contributed by atoms with Crippen molar-refractivity contribution in [3.63, 3.8) is 0 Å². The van der Waals surface area contributed by atoms with Crippen LogP contribution in [-0.4, -0.2) is 37.2 Å². The summed E-state index contributed by atoms with van der Waals surface area (Å²) in [5, 5.41) is 0. The van der Waals surface area contributed by atoms with Crippen LogP contribution in [0, 0.1) is 0 Å². The number of hydrogen-bond donors (Lipinski definition) is 0. The summed E-state index contributed by atoms with van der Waals surface area (Å²) in [5.74, 6) is -0.830. The molecule has 1 unspecified atom stereocenters. The summed E-state index contributed by atoms with van der Waals surface area (Å²) in [4.78, 5) is 38.3. The predicted molar refractivity (Wildman–Crippen MR) is 363 cm³/mol. The lowest BCUT2D eigenvalue weighted by Gasteiger charge is -2.18. The van der Waals surface area contributed by atoms with Gasteiger partial charge in [0.2, 0.25) is 0 Å². The van der Waals surface area contributed by atoms with Crippen LogP contribution in [0.2, 0.25) is 0 Å². The molecule has 0 saturated carbocycles. The largest absolute Gasteiger partial charge is 0.462 e. The van der Waals surface area contributed by atoms with Crippen LogP contribution in [0.15, 0.2) is 12.2 Å². The number of ether oxygens (including phenoxy) is 3. The van der Waals surface area contributed by atoms with Crippen LogP contribution in [0.4, 0.5) is 0 Å². The van der Waals surface area contributed by atoms with Crippen LogP contribution in [-0.2, 0) is 28.6 Å². The van der Waals surface area contributed by atoms with Gasteiger partial charge >= 0.3 is 17.9 Å². The molecule has 83 heavy (non-hydrogen) atoms. The van der Waals surface area contributed by atoms with Crippen molar-refractivity contribution >= 4 is 17.9 Å². The molecule has 0 amide bonds. The summed E-state index contributed by atoms with van der Waals surface area (Å²) >= 11 is 0. The Labute approximate surface area is 520 Å². The molecule has 0 aliphatic heterocycles. The number of esters is 3. The number of rotatable bonds is 72. The van der Waals surface area contributed by atoms with E-state index in [1.807, 2.05) is 0 Å². The van der Waals surface area contributed by atoms with Crippen molar-refractivity contribution in [2.24, 2.45) is 0 Å². The zero-order valence-electron chi connectivity index (χ0n) is 56.8. The molecule has 6 heteroatoms. The third kappa shape index (κ3) is 70.8. The van der Waals surface area contributed by atoms with Gasteiger partial charge in [0.05, 0.1) is 0 Å². The monoisotopic (exact) mass is 1170 g/mol. The Morgan fingerprint density at radius 3 is 0.602 bits per heavy atom. The number of unbranched alkanes of at least 4 members (excludes halogenated alkanes) is 59. The molecule has 0 aliphatic rings. The van der Waals surface area contributed by atoms with E-state index in [0.29, 0.717) is 19.3 Å². The van der Waals surface area contributed by atoms with Gasteiger partial charge < -0.3 is 14.2 Å². The molecule has 492 valence electrons. The Hall–Kier alpha value is -1.85. The van der Waals surface area contributed by atoms with Crippen molar-refractivity contribution in [2.75, 3.05) is 13.2 Å². The molecule has 1 atom stereocenters. The van der Waals surface area contributed by atoms with E-state index in [2.05, 4.69) is 32.9 Å². The zero-order chi connectivity index (χ0) is 59.9. The first-order chi connectivity index (χ1) is 41.0. The van der Waals surface area contributed by atoms with E-state index >= 15 is 0 Å². The third-order valence-electron chi connectivity index (χ3n) is 17.8. The van der Waals surface area contributed by atoms with Crippen molar-refractivity contribution in [1.82, 2.24) is 0 Å². The summed E-state index contributed by atoms with van der Waals surface area (Å²) in [7, 11) is 0. The van der Waals surface area contributed by atoms with Crippen molar-refractivity contribution in [3.05, 3.63) is 12.2 Å². The van der Waals surface area contributed by atoms with Gasteiger partial charge in [-0.2, -0.15) is 0 Å². The first kappa shape index (κ1) is 81.2. The molecule has 0 rings (SSSR count). The minimum atomic E-state index is -0.763. The summed E-state index contributed by atoms with van der Waals surface area (Å²) in [6, 6.07) is 0. The summed E-state index contributed by atoms with van der Waals surface area (Å²) in [6.45, 7) is 6.70. The average Bonchev–Trinajstić information content (AvgIpc) is 3.49. The van der Waals surface area contributed by atoms with Gasteiger partial charge in [0, 0.05) is 19.3 Å². The van der Waals surface area contributed by atoms with Gasteiger partial charge in [-0.05, 0) is 44.9 Å². The van der Waals surface area contributed by atoms with Crippen molar-refractivity contribution in [2.45, 2.75) is 451 Å². The van der Waals surface area contributed by atoms with Crippen molar-refractivity contribution < 1.29 is 28.6 Å². The van der Waals surface area contributed by atoms with E-state index in [1.165, 1.54) is 347 Å². The fraction of sp³-hybridized carbons (Fsp3) is 0.935. The number of hydrogen-bond acceptors (Lipinski definition) is 6. The fourth-order valence-electron chi connectivity index (χ4n) is 12.0. The van der Waals surface area contributed by atoms with Crippen LogP contribution in [0.25, 0.3) is 0 Å². The Kier molecular flexibility index (Phi) is 71.0. The minimum Gasteiger partial charge on any atom is -0.462 e. The van der Waals surface area contributed by atoms with E-state index in [1.54, 1.807) is 0 Å². The molecule has 0 saturated heterocycles. The highest BCUT2D eigenvalue weighted by molar-refractivity contribution is 5.71. The van der Waals surface area contributed by atoms with Gasteiger partial charge in [0.15, 0.2) is 6.10 Å². The normalized spacial score (nSPS) is 12.0. The molecular formula is C77H148O6. The van der Waals surface area contributed by atoms with E-state index in [4.69, 9.17) is 14.2 Å². The molecule has 0 aliphatic carbocycles. The van der Waals surface area contributed by atoms with Gasteiger partial charge in [0.1, 0.15) is 13.2 Å². The SMILES string of the molecule is CCCCCCCCCC/C=C\CCCCCCCCCCCCCCCCCCCCCCCCCC(=O)OCC(COC(=O)CCCCCCCCCC)OC(=O)CCCCCCCCCCCCCCCCCCCCCCCC. The second kappa shape index (κ2) is 72.6. The average molecular weight is 1170 g/mol. The van der Waals surface area contributed by atoms with Crippen LogP contribution < -0.4 is 0 Å². The fourth-order valence-corrected chi connectivity index (χ4v) is 12.0. The molecule has 0 fully saturated rings. The Morgan fingerprint density at radius 2 is 0.398 bits per heavy atom. The highest BCUT2D eigenvalue weighted by atomic mass is 16.6. The van der Waals surface area contributed by atoms with E-state index in [0.717, 1.165) is 57.8 Å². The van der Waals surface area contributed by atoms with Crippen molar-refractivity contribution in [1.29, 1.82) is 0 Å². The van der Waals surface area contributed by atoms with Crippen LogP contribution in [0.1, 0.15) is 445 Å². The lowest BCUT2D eigenvalue weighted by atomic mass is 10.0. The van der Waals surface area contributed by atoms with Crippen LogP contribution >= 0.6 is 0 Å². The summed E-state index contributed by atoms with van der Waals surface area (Å²) < 4.78 is 16.9. The smallest absolute Gasteiger partial charge is 0.306 e. The van der Waals surface area contributed by atoms with Crippen LogP contribution in [0.5, 0.6) is 0 Å². The topological polar surface area (TPSA) is 78.9 Å². The Morgan fingerprint density at radius 1 is 0.229 bits per heavy atom. The van der Waals surface area contributed by atoms with Gasteiger partial charge in [-0.3, -0.25) is 14.4 Å². The first-order valence-electron chi connectivity index (χ1n) is 38.2. The molecule has 0 radical (unpaired) electrons. The van der Waals surface area contributed by atoms with E-state index in [-0.39, 0.29) is 31.1 Å². The summed E-state index contributed by atoms with van der Waals surface area (Å²) in [5.41, 5.74) is 0. The molecule has 0 aromatic heterocycles. The minimum absolute atomic E-state index is 0.0620. The summed E-state index contributed by atoms with van der Waals surface area (Å²) in [6.07, 6.45) is 88.7. The predicted octanol–water partition coefficient (Wildman–Crippen LogP) is 26.3. The second-order valence-electron chi connectivity index (χ2n) is 26.3. The maximum Gasteiger partial charge on any atom is 0.306 e. The van der Waals surface area contributed by atoms with E-state index < -0.39 is 6.10 Å². The maximum atomic E-state index is 12.9. The lowest BCUT2D eigenvalue weighted by Crippen LogP contribution is -2.30. The molecule has 0 heterocycles. The molecule has 0 aromatic carbocycles. The zero-order valence-corrected chi connectivity index (χ0v) is 56.8. The molecule has 0 bridgehead atoms. The van der Waals surface area contributed by atoms with Crippen LogP contribution in [0.3, 0.4) is 0 Å². The molecule has 0 aromatic rings. The van der Waals surface area contributed by atoms with Gasteiger partial charge in [-0.15, -0.1) is 0 Å². The lowest BCUT2D eigenvalue weighted by molar-refractivity contribution is -0.167. The highest BCUT2D eigenvalue weighted by Gasteiger charge is 2.20. The van der Waals surface area contributed by atoms with Gasteiger partial charge in [-0.25, -0.2) is 0 Å². The molecule has 6 nitrogen and oxygen atoms in total. The number of allylic oxidation sites excluding steroid dienone is 2. The van der Waals surface area contributed by atoms with Gasteiger partial charge in [-0.1, -0.05) is 392 Å².